The lowest BCUT2D eigenvalue weighted by Crippen LogP contribution is -2.36. The summed E-state index contributed by atoms with van der Waals surface area (Å²) in [5.41, 5.74) is 4.09. The molecule has 0 aliphatic rings. The summed E-state index contributed by atoms with van der Waals surface area (Å²) in [4.78, 5) is 28.5. The van der Waals surface area contributed by atoms with Gasteiger partial charge < -0.3 is 10.6 Å². The molecule has 28 heavy (non-hydrogen) atoms. The highest BCUT2D eigenvalue weighted by Gasteiger charge is 2.14. The Labute approximate surface area is 166 Å². The molecule has 2 amide bonds. The largest absolute Gasteiger partial charge is 0.347 e. The molecule has 2 N–H and O–H groups in total. The average molecular weight is 397 g/mol. The second-order valence-corrected chi connectivity index (χ2v) is 7.29. The molecule has 7 heteroatoms. The van der Waals surface area contributed by atoms with Crippen LogP contribution in [0.3, 0.4) is 0 Å². The van der Waals surface area contributed by atoms with E-state index >= 15 is 0 Å². The zero-order chi connectivity index (χ0) is 20.1. The highest BCUT2D eigenvalue weighted by Crippen LogP contribution is 2.24. The summed E-state index contributed by atoms with van der Waals surface area (Å²) in [6, 6.07) is 11.8. The van der Waals surface area contributed by atoms with Crippen molar-refractivity contribution in [2.24, 2.45) is 0 Å². The Hall–Kier alpha value is -3.06. The van der Waals surface area contributed by atoms with Crippen molar-refractivity contribution in [1.82, 2.24) is 10.3 Å². The number of rotatable bonds is 5. The second kappa shape index (κ2) is 8.75. The SMILES string of the molecule is Cc1ccc(NC(=O)C(=O)NCCc2csc(-c3cccc(F)c3)n2)c(C)c1. The number of amides is 2. The number of aryl methyl sites for hydroxylation is 2. The van der Waals surface area contributed by atoms with Crippen molar-refractivity contribution in [1.29, 1.82) is 0 Å². The van der Waals surface area contributed by atoms with Crippen molar-refractivity contribution in [3.05, 3.63) is 70.5 Å². The Kier molecular flexibility index (Phi) is 6.16. The van der Waals surface area contributed by atoms with Crippen LogP contribution in [-0.2, 0) is 16.0 Å². The van der Waals surface area contributed by atoms with Gasteiger partial charge in [-0.1, -0.05) is 29.8 Å². The maximum Gasteiger partial charge on any atom is 0.313 e. The quantitative estimate of drug-likeness (QED) is 0.642. The van der Waals surface area contributed by atoms with E-state index in [0.29, 0.717) is 22.7 Å². The van der Waals surface area contributed by atoms with Crippen LogP contribution in [0.15, 0.2) is 47.8 Å². The van der Waals surface area contributed by atoms with Crippen molar-refractivity contribution < 1.29 is 14.0 Å². The number of hydrogen-bond acceptors (Lipinski definition) is 4. The van der Waals surface area contributed by atoms with Gasteiger partial charge in [0.15, 0.2) is 0 Å². The standard InChI is InChI=1S/C21H20FN3O2S/c1-13-6-7-18(14(2)10-13)25-20(27)19(26)23-9-8-17-12-28-21(24-17)15-4-3-5-16(22)11-15/h3-7,10-12H,8-9H2,1-2H3,(H,23,26)(H,25,27). The van der Waals surface area contributed by atoms with Gasteiger partial charge in [-0.3, -0.25) is 9.59 Å². The fourth-order valence-electron chi connectivity index (χ4n) is 2.69. The molecule has 0 spiro atoms. The fraction of sp³-hybridized carbons (Fsp3) is 0.190. The molecule has 0 aliphatic carbocycles. The molecule has 1 aromatic heterocycles. The van der Waals surface area contributed by atoms with E-state index in [0.717, 1.165) is 16.8 Å². The Balaban J connectivity index is 1.50. The first-order chi connectivity index (χ1) is 13.4. The predicted octanol–water partition coefficient (Wildman–Crippen LogP) is 3.86. The maximum atomic E-state index is 13.3. The maximum absolute atomic E-state index is 13.3. The van der Waals surface area contributed by atoms with Gasteiger partial charge in [0.1, 0.15) is 10.8 Å². The van der Waals surface area contributed by atoms with Crippen LogP contribution in [0.4, 0.5) is 10.1 Å². The van der Waals surface area contributed by atoms with Crippen LogP contribution in [0.2, 0.25) is 0 Å². The van der Waals surface area contributed by atoms with Gasteiger partial charge in [0, 0.05) is 29.6 Å². The monoisotopic (exact) mass is 397 g/mol. The molecular weight excluding hydrogens is 377 g/mol. The first-order valence-electron chi connectivity index (χ1n) is 8.79. The Bertz CT molecular complexity index is 1020. The van der Waals surface area contributed by atoms with Gasteiger partial charge in [-0.25, -0.2) is 9.37 Å². The van der Waals surface area contributed by atoms with Crippen LogP contribution >= 0.6 is 11.3 Å². The number of aromatic nitrogens is 1. The average Bonchev–Trinajstić information content (AvgIpc) is 3.13. The number of thiazole rings is 1. The molecule has 0 atom stereocenters. The molecule has 0 unspecified atom stereocenters. The molecule has 0 radical (unpaired) electrons. The van der Waals surface area contributed by atoms with Crippen molar-refractivity contribution >= 4 is 28.8 Å². The third-order valence-electron chi connectivity index (χ3n) is 4.13. The number of nitrogens with one attached hydrogen (secondary N) is 2. The van der Waals surface area contributed by atoms with Crippen LogP contribution in [0, 0.1) is 19.7 Å². The van der Waals surface area contributed by atoms with Crippen LogP contribution in [-0.4, -0.2) is 23.3 Å². The van der Waals surface area contributed by atoms with Crippen molar-refractivity contribution in [2.75, 3.05) is 11.9 Å². The lowest BCUT2D eigenvalue weighted by molar-refractivity contribution is -0.136. The van der Waals surface area contributed by atoms with Gasteiger partial charge in [-0.15, -0.1) is 11.3 Å². The molecular formula is C21H20FN3O2S. The summed E-state index contributed by atoms with van der Waals surface area (Å²) >= 11 is 1.41. The lowest BCUT2D eigenvalue weighted by Gasteiger charge is -2.09. The Morgan fingerprint density at radius 3 is 2.68 bits per heavy atom. The summed E-state index contributed by atoms with van der Waals surface area (Å²) in [6.45, 7) is 4.12. The van der Waals surface area contributed by atoms with E-state index in [1.165, 1.54) is 23.5 Å². The van der Waals surface area contributed by atoms with Gasteiger partial charge in [0.25, 0.3) is 0 Å². The van der Waals surface area contributed by atoms with E-state index in [2.05, 4.69) is 15.6 Å². The zero-order valence-electron chi connectivity index (χ0n) is 15.6. The van der Waals surface area contributed by atoms with Crippen LogP contribution in [0.5, 0.6) is 0 Å². The normalized spacial score (nSPS) is 10.5. The van der Waals surface area contributed by atoms with E-state index < -0.39 is 11.8 Å². The van der Waals surface area contributed by atoms with Crippen LogP contribution < -0.4 is 10.6 Å². The molecule has 3 rings (SSSR count). The summed E-state index contributed by atoms with van der Waals surface area (Å²) in [7, 11) is 0. The number of nitrogens with zero attached hydrogens (tertiary/aromatic N) is 1. The third-order valence-corrected chi connectivity index (χ3v) is 5.07. The highest BCUT2D eigenvalue weighted by atomic mass is 32.1. The van der Waals surface area contributed by atoms with Gasteiger partial charge in [0.05, 0.1) is 5.69 Å². The molecule has 0 aliphatic heterocycles. The first-order valence-corrected chi connectivity index (χ1v) is 9.67. The number of halogens is 1. The van der Waals surface area contributed by atoms with E-state index in [9.17, 15) is 14.0 Å². The summed E-state index contributed by atoms with van der Waals surface area (Å²) in [5, 5.41) is 7.79. The summed E-state index contributed by atoms with van der Waals surface area (Å²) in [6.07, 6.45) is 0.481. The van der Waals surface area contributed by atoms with Gasteiger partial charge in [0.2, 0.25) is 0 Å². The lowest BCUT2D eigenvalue weighted by atomic mass is 10.1. The number of carbonyl (C=O) groups is 2. The predicted molar refractivity (Wildman–Crippen MR) is 109 cm³/mol. The zero-order valence-corrected chi connectivity index (χ0v) is 16.4. The van der Waals surface area contributed by atoms with Crippen LogP contribution in [0.25, 0.3) is 10.6 Å². The number of benzene rings is 2. The van der Waals surface area contributed by atoms with E-state index in [4.69, 9.17) is 0 Å². The molecule has 3 aromatic rings. The smallest absolute Gasteiger partial charge is 0.313 e. The third kappa shape index (κ3) is 5.01. The van der Waals surface area contributed by atoms with Crippen LogP contribution in [0.1, 0.15) is 16.8 Å². The molecule has 2 aromatic carbocycles. The topological polar surface area (TPSA) is 71.1 Å². The van der Waals surface area contributed by atoms with E-state index in [1.807, 2.05) is 31.4 Å². The van der Waals surface area contributed by atoms with Crippen molar-refractivity contribution in [3.63, 3.8) is 0 Å². The van der Waals surface area contributed by atoms with E-state index in [-0.39, 0.29) is 12.4 Å². The molecule has 0 fully saturated rings. The molecule has 0 saturated carbocycles. The number of carbonyl (C=O) groups excluding carboxylic acids is 2. The summed E-state index contributed by atoms with van der Waals surface area (Å²) in [5.74, 6) is -1.71. The second-order valence-electron chi connectivity index (χ2n) is 6.43. The van der Waals surface area contributed by atoms with Crippen molar-refractivity contribution in [3.8, 4) is 10.6 Å². The molecule has 0 bridgehead atoms. The fourth-order valence-corrected chi connectivity index (χ4v) is 3.54. The highest BCUT2D eigenvalue weighted by molar-refractivity contribution is 7.13. The minimum Gasteiger partial charge on any atom is -0.347 e. The summed E-state index contributed by atoms with van der Waals surface area (Å²) < 4.78 is 13.3. The number of anilines is 1. The molecule has 0 saturated heterocycles. The number of hydrogen-bond donors (Lipinski definition) is 2. The van der Waals surface area contributed by atoms with E-state index in [1.54, 1.807) is 18.2 Å². The minimum absolute atomic E-state index is 0.283. The van der Waals surface area contributed by atoms with Gasteiger partial charge in [-0.2, -0.15) is 0 Å². The molecule has 5 nitrogen and oxygen atoms in total. The first kappa shape index (κ1) is 19.7. The van der Waals surface area contributed by atoms with Gasteiger partial charge in [-0.05, 0) is 37.6 Å². The minimum atomic E-state index is -0.703. The Morgan fingerprint density at radius 2 is 1.93 bits per heavy atom. The van der Waals surface area contributed by atoms with Gasteiger partial charge >= 0.3 is 11.8 Å². The molecule has 1 heterocycles. The van der Waals surface area contributed by atoms with Crippen molar-refractivity contribution in [2.45, 2.75) is 20.3 Å². The Morgan fingerprint density at radius 1 is 1.11 bits per heavy atom. The molecule has 144 valence electrons.